The molecule has 0 spiro atoms. The highest BCUT2D eigenvalue weighted by molar-refractivity contribution is 7.80. The van der Waals surface area contributed by atoms with Crippen LogP contribution in [0.2, 0.25) is 0 Å². The number of carbonyl (C=O) groups excluding carboxylic acids is 3. The molecule has 3 amide bonds. The summed E-state index contributed by atoms with van der Waals surface area (Å²) in [7, 11) is 0. The molecule has 0 radical (unpaired) electrons. The van der Waals surface area contributed by atoms with Crippen LogP contribution in [0.5, 0.6) is 0 Å². The smallest absolute Gasteiger partial charge is 0.326 e. The molecule has 0 saturated carbocycles. The van der Waals surface area contributed by atoms with Crippen molar-refractivity contribution in [1.29, 1.82) is 0 Å². The monoisotopic (exact) mass is 430 g/mol. The Bertz CT molecular complexity index is 613. The Morgan fingerprint density at radius 2 is 1.76 bits per heavy atom. The lowest BCUT2D eigenvalue weighted by Crippen LogP contribution is -2.59. The van der Waals surface area contributed by atoms with E-state index >= 15 is 0 Å². The van der Waals surface area contributed by atoms with E-state index in [-0.39, 0.29) is 17.6 Å². The molecule has 1 saturated heterocycles. The van der Waals surface area contributed by atoms with E-state index < -0.39 is 47.9 Å². The Morgan fingerprint density at radius 3 is 2.24 bits per heavy atom. The van der Waals surface area contributed by atoms with Gasteiger partial charge in [0.2, 0.25) is 17.7 Å². The third kappa shape index (κ3) is 7.18. The number of thiol groups is 1. The lowest BCUT2D eigenvalue weighted by Gasteiger charge is -2.30. The van der Waals surface area contributed by atoms with E-state index in [1.54, 1.807) is 13.8 Å². The van der Waals surface area contributed by atoms with Gasteiger partial charge in [0.1, 0.15) is 18.1 Å². The molecule has 4 unspecified atom stereocenters. The van der Waals surface area contributed by atoms with Gasteiger partial charge in [0, 0.05) is 12.3 Å². The van der Waals surface area contributed by atoms with Gasteiger partial charge in [0.25, 0.3) is 0 Å². The zero-order valence-electron chi connectivity index (χ0n) is 17.6. The number of hydrogen-bond donors (Lipinski definition) is 5. The summed E-state index contributed by atoms with van der Waals surface area (Å²) in [5.74, 6) is -2.49. The molecular formula is C19H34N4O5S. The molecule has 0 aromatic carbocycles. The Labute approximate surface area is 177 Å². The average molecular weight is 431 g/mol. The van der Waals surface area contributed by atoms with Gasteiger partial charge in [0.15, 0.2) is 0 Å². The normalized spacial score (nSPS) is 19.7. The summed E-state index contributed by atoms with van der Waals surface area (Å²) in [6, 6.07) is -3.47. The number of aliphatic carboxylic acids is 1. The van der Waals surface area contributed by atoms with Crippen LogP contribution in [-0.2, 0) is 19.2 Å². The summed E-state index contributed by atoms with van der Waals surface area (Å²) >= 11 is 4.13. The van der Waals surface area contributed by atoms with Crippen LogP contribution < -0.4 is 16.4 Å². The van der Waals surface area contributed by atoms with E-state index in [4.69, 9.17) is 5.73 Å². The number of nitrogens with two attached hydrogens (primary N) is 1. The second-order valence-electron chi connectivity index (χ2n) is 8.24. The van der Waals surface area contributed by atoms with Crippen molar-refractivity contribution in [3.63, 3.8) is 0 Å². The number of hydrogen-bond acceptors (Lipinski definition) is 6. The lowest BCUT2D eigenvalue weighted by molar-refractivity contribution is -0.150. The highest BCUT2D eigenvalue weighted by atomic mass is 32.1. The molecule has 1 aliphatic heterocycles. The fourth-order valence-corrected chi connectivity index (χ4v) is 3.58. The summed E-state index contributed by atoms with van der Waals surface area (Å²) in [6.07, 6.45) is 1.47. The van der Waals surface area contributed by atoms with Gasteiger partial charge >= 0.3 is 5.97 Å². The predicted molar refractivity (Wildman–Crippen MR) is 112 cm³/mol. The van der Waals surface area contributed by atoms with E-state index in [0.29, 0.717) is 25.8 Å². The first-order valence-electron chi connectivity index (χ1n) is 10.00. The van der Waals surface area contributed by atoms with Crippen LogP contribution in [0.3, 0.4) is 0 Å². The van der Waals surface area contributed by atoms with Crippen molar-refractivity contribution in [3.8, 4) is 0 Å². The maximum absolute atomic E-state index is 12.9. The standard InChI is InChI=1S/C19H34N4O5S/c1-10(2)8-12(20)16(24)21-13(9-29)17(25)22-15(11(3)4)18(26)23-7-5-6-14(23)19(27)28/h10-15,29H,5-9,20H2,1-4H3,(H,21,24)(H,22,25)(H,27,28). The zero-order chi connectivity index (χ0) is 22.3. The maximum Gasteiger partial charge on any atom is 0.326 e. The fourth-order valence-electron chi connectivity index (χ4n) is 3.32. The minimum Gasteiger partial charge on any atom is -0.480 e. The molecule has 0 aromatic rings. The zero-order valence-corrected chi connectivity index (χ0v) is 18.4. The largest absolute Gasteiger partial charge is 0.480 e. The third-order valence-corrected chi connectivity index (χ3v) is 5.29. The number of likely N-dealkylation sites (tertiary alicyclic amines) is 1. The summed E-state index contributed by atoms with van der Waals surface area (Å²) in [6.45, 7) is 7.75. The molecular weight excluding hydrogens is 396 g/mol. The molecule has 4 atom stereocenters. The maximum atomic E-state index is 12.9. The van der Waals surface area contributed by atoms with Crippen molar-refractivity contribution in [3.05, 3.63) is 0 Å². The molecule has 0 bridgehead atoms. The Kier molecular flexibility index (Phi) is 9.91. The van der Waals surface area contributed by atoms with Crippen molar-refractivity contribution >= 4 is 36.3 Å². The molecule has 0 aromatic heterocycles. The minimum atomic E-state index is -1.05. The lowest BCUT2D eigenvalue weighted by atomic mass is 10.0. The highest BCUT2D eigenvalue weighted by Gasteiger charge is 2.39. The molecule has 1 fully saturated rings. The molecule has 1 aliphatic rings. The van der Waals surface area contributed by atoms with Gasteiger partial charge in [-0.2, -0.15) is 12.6 Å². The van der Waals surface area contributed by atoms with Crippen molar-refractivity contribution in [2.45, 2.75) is 71.1 Å². The van der Waals surface area contributed by atoms with E-state index in [1.165, 1.54) is 4.90 Å². The first-order valence-corrected chi connectivity index (χ1v) is 10.6. The van der Waals surface area contributed by atoms with Crippen LogP contribution in [0, 0.1) is 11.8 Å². The first-order chi connectivity index (χ1) is 13.5. The van der Waals surface area contributed by atoms with Crippen LogP contribution in [0.15, 0.2) is 0 Å². The van der Waals surface area contributed by atoms with Crippen molar-refractivity contribution in [1.82, 2.24) is 15.5 Å². The van der Waals surface area contributed by atoms with Crippen molar-refractivity contribution < 1.29 is 24.3 Å². The quantitative estimate of drug-likeness (QED) is 0.309. The molecule has 9 nitrogen and oxygen atoms in total. The second kappa shape index (κ2) is 11.4. The Balaban J connectivity index is 2.83. The van der Waals surface area contributed by atoms with Gasteiger partial charge in [-0.05, 0) is 31.1 Å². The average Bonchev–Trinajstić information content (AvgIpc) is 3.12. The third-order valence-electron chi connectivity index (χ3n) is 4.93. The van der Waals surface area contributed by atoms with E-state index in [1.807, 2.05) is 13.8 Å². The first kappa shape index (κ1) is 25.2. The molecule has 1 heterocycles. The topological polar surface area (TPSA) is 142 Å². The van der Waals surface area contributed by atoms with Crippen LogP contribution in [0.4, 0.5) is 0 Å². The summed E-state index contributed by atoms with van der Waals surface area (Å²) in [5.41, 5.74) is 5.86. The van der Waals surface area contributed by atoms with E-state index in [0.717, 1.165) is 0 Å². The number of carboxylic acid groups (broad SMARTS) is 1. The van der Waals surface area contributed by atoms with Crippen molar-refractivity contribution in [2.75, 3.05) is 12.3 Å². The van der Waals surface area contributed by atoms with E-state index in [9.17, 15) is 24.3 Å². The fraction of sp³-hybridized carbons (Fsp3) is 0.789. The number of nitrogens with one attached hydrogen (secondary N) is 2. The Morgan fingerprint density at radius 1 is 1.14 bits per heavy atom. The predicted octanol–water partition coefficient (Wildman–Crippen LogP) is -0.00920. The molecule has 5 N–H and O–H groups in total. The van der Waals surface area contributed by atoms with Gasteiger partial charge in [0.05, 0.1) is 6.04 Å². The number of carbonyl (C=O) groups is 4. The summed E-state index contributed by atoms with van der Waals surface area (Å²) in [5, 5.41) is 14.6. The number of amides is 3. The molecule has 29 heavy (non-hydrogen) atoms. The molecule has 166 valence electrons. The van der Waals surface area contributed by atoms with Gasteiger partial charge in [-0.15, -0.1) is 0 Å². The molecule has 10 heteroatoms. The SMILES string of the molecule is CC(C)CC(N)C(=O)NC(CS)C(=O)NC(C(=O)N1CCCC1C(=O)O)C(C)C. The van der Waals surface area contributed by atoms with E-state index in [2.05, 4.69) is 23.3 Å². The van der Waals surface area contributed by atoms with Crippen molar-refractivity contribution in [2.24, 2.45) is 17.6 Å². The van der Waals surface area contributed by atoms with Gasteiger partial charge in [-0.3, -0.25) is 14.4 Å². The van der Waals surface area contributed by atoms with Crippen LogP contribution in [-0.4, -0.2) is 70.2 Å². The highest BCUT2D eigenvalue weighted by Crippen LogP contribution is 2.20. The summed E-state index contributed by atoms with van der Waals surface area (Å²) in [4.78, 5) is 50.6. The van der Waals surface area contributed by atoms with Crippen LogP contribution >= 0.6 is 12.6 Å². The Hall–Kier alpha value is -1.81. The van der Waals surface area contributed by atoms with Gasteiger partial charge in [-0.1, -0.05) is 27.7 Å². The van der Waals surface area contributed by atoms with Crippen LogP contribution in [0.1, 0.15) is 47.0 Å². The van der Waals surface area contributed by atoms with Crippen LogP contribution in [0.25, 0.3) is 0 Å². The summed E-state index contributed by atoms with van der Waals surface area (Å²) < 4.78 is 0. The molecule has 0 aliphatic carbocycles. The number of carboxylic acids is 1. The number of nitrogens with zero attached hydrogens (tertiary/aromatic N) is 1. The number of rotatable bonds is 10. The van der Waals surface area contributed by atoms with Gasteiger partial charge in [-0.25, -0.2) is 4.79 Å². The second-order valence-corrected chi connectivity index (χ2v) is 8.60. The minimum absolute atomic E-state index is 0.0342. The molecule has 1 rings (SSSR count). The van der Waals surface area contributed by atoms with Gasteiger partial charge < -0.3 is 26.4 Å².